The third-order valence-electron chi connectivity index (χ3n) is 4.15. The van der Waals surface area contributed by atoms with Crippen molar-refractivity contribution >= 4 is 11.9 Å². The minimum atomic E-state index is -1.02. The maximum atomic E-state index is 11.5. The molecule has 0 amide bonds. The van der Waals surface area contributed by atoms with Crippen molar-refractivity contribution in [2.24, 2.45) is 0 Å². The predicted octanol–water partition coefficient (Wildman–Crippen LogP) is 1.45. The maximum Gasteiger partial charge on any atom is 0.305 e. The first-order chi connectivity index (χ1) is 13.0. The van der Waals surface area contributed by atoms with Gasteiger partial charge in [-0.3, -0.25) is 9.59 Å². The molecular weight excluding hydrogens is 356 g/mol. The van der Waals surface area contributed by atoms with Gasteiger partial charge in [0.05, 0.1) is 6.61 Å². The molecule has 0 aliphatic carbocycles. The van der Waals surface area contributed by atoms with Crippen molar-refractivity contribution in [2.45, 2.75) is 51.2 Å². The highest BCUT2D eigenvalue weighted by Crippen LogP contribution is 2.29. The standard InChI is InChI=1S/C19H26O8/c1-12(20)24-11-15-16(22-3)17(23-4)18(19(27-15)26-13(2)21)25-10-14-8-6-5-7-9-14/h5-9,15-19H,10-11H2,1-4H3/t15-,16-,17+,18-,19?/m1/s1. The molecule has 0 saturated carbocycles. The summed E-state index contributed by atoms with van der Waals surface area (Å²) in [5.41, 5.74) is 0.949. The Bertz CT molecular complexity index is 605. The van der Waals surface area contributed by atoms with Crippen LogP contribution in [0.5, 0.6) is 0 Å². The van der Waals surface area contributed by atoms with E-state index in [1.54, 1.807) is 0 Å². The lowest BCUT2D eigenvalue weighted by atomic mass is 9.98. The number of methoxy groups -OCH3 is 2. The highest BCUT2D eigenvalue weighted by atomic mass is 16.7. The monoisotopic (exact) mass is 382 g/mol. The van der Waals surface area contributed by atoms with Crippen LogP contribution in [0.25, 0.3) is 0 Å². The Kier molecular flexibility index (Phi) is 8.18. The minimum absolute atomic E-state index is 0.0587. The summed E-state index contributed by atoms with van der Waals surface area (Å²) in [4.78, 5) is 22.7. The summed E-state index contributed by atoms with van der Waals surface area (Å²) in [6, 6.07) is 9.56. The smallest absolute Gasteiger partial charge is 0.305 e. The molecule has 1 heterocycles. The van der Waals surface area contributed by atoms with E-state index in [1.807, 2.05) is 30.3 Å². The summed E-state index contributed by atoms with van der Waals surface area (Å²) in [5, 5.41) is 0. The van der Waals surface area contributed by atoms with Gasteiger partial charge in [-0.25, -0.2) is 0 Å². The highest BCUT2D eigenvalue weighted by Gasteiger charge is 2.49. The molecule has 1 unspecified atom stereocenters. The molecule has 8 heteroatoms. The van der Waals surface area contributed by atoms with E-state index in [9.17, 15) is 9.59 Å². The molecule has 2 rings (SSSR count). The summed E-state index contributed by atoms with van der Waals surface area (Å²) in [7, 11) is 3.01. The Labute approximate surface area is 158 Å². The van der Waals surface area contributed by atoms with E-state index in [4.69, 9.17) is 28.4 Å². The Morgan fingerprint density at radius 2 is 1.63 bits per heavy atom. The fourth-order valence-corrected chi connectivity index (χ4v) is 2.97. The molecule has 150 valence electrons. The predicted molar refractivity (Wildman–Crippen MR) is 93.7 cm³/mol. The number of esters is 2. The first-order valence-electron chi connectivity index (χ1n) is 8.63. The van der Waals surface area contributed by atoms with Crippen molar-refractivity contribution in [3.05, 3.63) is 35.9 Å². The van der Waals surface area contributed by atoms with Gasteiger partial charge in [0, 0.05) is 28.1 Å². The lowest BCUT2D eigenvalue weighted by molar-refractivity contribution is -0.310. The second-order valence-corrected chi connectivity index (χ2v) is 6.12. The first kappa shape index (κ1) is 21.3. The molecule has 0 bridgehead atoms. The van der Waals surface area contributed by atoms with Crippen LogP contribution < -0.4 is 0 Å². The summed E-state index contributed by atoms with van der Waals surface area (Å²) in [6.45, 7) is 2.80. The zero-order valence-corrected chi connectivity index (χ0v) is 16.0. The van der Waals surface area contributed by atoms with Gasteiger partial charge in [-0.2, -0.15) is 0 Å². The second kappa shape index (κ2) is 10.4. The Hall–Kier alpha value is -2.00. The average Bonchev–Trinajstić information content (AvgIpc) is 2.64. The van der Waals surface area contributed by atoms with E-state index in [-0.39, 0.29) is 13.2 Å². The Morgan fingerprint density at radius 3 is 2.19 bits per heavy atom. The third-order valence-corrected chi connectivity index (χ3v) is 4.15. The molecule has 1 saturated heterocycles. The highest BCUT2D eigenvalue weighted by molar-refractivity contribution is 5.66. The van der Waals surface area contributed by atoms with Gasteiger partial charge in [-0.1, -0.05) is 30.3 Å². The van der Waals surface area contributed by atoms with E-state index in [0.717, 1.165) is 5.56 Å². The number of hydrogen-bond acceptors (Lipinski definition) is 8. The normalized spacial score (nSPS) is 27.8. The summed E-state index contributed by atoms with van der Waals surface area (Å²) >= 11 is 0. The van der Waals surface area contributed by atoms with Crippen molar-refractivity contribution in [1.29, 1.82) is 0 Å². The third kappa shape index (κ3) is 6.00. The lowest BCUT2D eigenvalue weighted by Gasteiger charge is -2.44. The van der Waals surface area contributed by atoms with Crippen molar-refractivity contribution in [3.8, 4) is 0 Å². The van der Waals surface area contributed by atoms with Crippen molar-refractivity contribution in [1.82, 2.24) is 0 Å². The first-order valence-corrected chi connectivity index (χ1v) is 8.63. The molecule has 1 aliphatic heterocycles. The molecule has 0 spiro atoms. The second-order valence-electron chi connectivity index (χ2n) is 6.12. The van der Waals surface area contributed by atoms with E-state index < -0.39 is 42.6 Å². The molecule has 1 aliphatic rings. The molecule has 1 aromatic carbocycles. The van der Waals surface area contributed by atoms with Crippen molar-refractivity contribution in [3.63, 3.8) is 0 Å². The molecule has 1 fully saturated rings. The molecular formula is C19H26O8. The van der Waals surface area contributed by atoms with Crippen molar-refractivity contribution in [2.75, 3.05) is 20.8 Å². The fourth-order valence-electron chi connectivity index (χ4n) is 2.97. The quantitative estimate of drug-likeness (QED) is 0.624. The van der Waals surface area contributed by atoms with Crippen LogP contribution in [-0.2, 0) is 44.6 Å². The van der Waals surface area contributed by atoms with Crippen LogP contribution in [0.4, 0.5) is 0 Å². The van der Waals surface area contributed by atoms with Gasteiger partial charge in [0.2, 0.25) is 6.29 Å². The summed E-state index contributed by atoms with van der Waals surface area (Å²) in [5.74, 6) is -0.973. The van der Waals surface area contributed by atoms with E-state index >= 15 is 0 Å². The van der Waals surface area contributed by atoms with Crippen LogP contribution in [0.2, 0.25) is 0 Å². The molecule has 27 heavy (non-hydrogen) atoms. The molecule has 8 nitrogen and oxygen atoms in total. The van der Waals surface area contributed by atoms with Crippen LogP contribution in [0.1, 0.15) is 19.4 Å². The topological polar surface area (TPSA) is 89.5 Å². The average molecular weight is 382 g/mol. The number of ether oxygens (including phenoxy) is 6. The van der Waals surface area contributed by atoms with Crippen LogP contribution in [0.15, 0.2) is 30.3 Å². The number of benzene rings is 1. The van der Waals surface area contributed by atoms with Crippen LogP contribution in [0, 0.1) is 0 Å². The Morgan fingerprint density at radius 1 is 0.963 bits per heavy atom. The molecule has 5 atom stereocenters. The van der Waals surface area contributed by atoms with Gasteiger partial charge in [0.15, 0.2) is 0 Å². The largest absolute Gasteiger partial charge is 0.463 e. The zero-order valence-electron chi connectivity index (χ0n) is 16.0. The van der Waals surface area contributed by atoms with Gasteiger partial charge < -0.3 is 28.4 Å². The fraction of sp³-hybridized carbons (Fsp3) is 0.579. The van der Waals surface area contributed by atoms with Crippen molar-refractivity contribution < 1.29 is 38.0 Å². The van der Waals surface area contributed by atoms with Crippen LogP contribution in [-0.4, -0.2) is 63.5 Å². The van der Waals surface area contributed by atoms with E-state index in [2.05, 4.69) is 0 Å². The SMILES string of the molecule is CO[C@H]1[C@H](OC)[C@@H](OCc2ccccc2)C(OC(C)=O)O[C@@H]1COC(C)=O. The van der Waals surface area contributed by atoms with Gasteiger partial charge in [-0.15, -0.1) is 0 Å². The maximum absolute atomic E-state index is 11.5. The van der Waals surface area contributed by atoms with Crippen LogP contribution >= 0.6 is 0 Å². The lowest BCUT2D eigenvalue weighted by Crippen LogP contribution is -2.61. The minimum Gasteiger partial charge on any atom is -0.463 e. The van der Waals surface area contributed by atoms with Crippen LogP contribution in [0.3, 0.4) is 0 Å². The summed E-state index contributed by atoms with van der Waals surface area (Å²) < 4.78 is 33.2. The number of hydrogen-bond donors (Lipinski definition) is 0. The number of carbonyl (C=O) groups is 2. The summed E-state index contributed by atoms with van der Waals surface area (Å²) in [6.07, 6.45) is -3.61. The number of carbonyl (C=O) groups excluding carboxylic acids is 2. The van der Waals surface area contributed by atoms with Gasteiger partial charge in [-0.05, 0) is 5.56 Å². The van der Waals surface area contributed by atoms with Gasteiger partial charge in [0.1, 0.15) is 31.0 Å². The zero-order chi connectivity index (χ0) is 19.8. The molecule has 0 radical (unpaired) electrons. The van der Waals surface area contributed by atoms with E-state index in [1.165, 1.54) is 28.1 Å². The van der Waals surface area contributed by atoms with Gasteiger partial charge >= 0.3 is 11.9 Å². The van der Waals surface area contributed by atoms with E-state index in [0.29, 0.717) is 0 Å². The Balaban J connectivity index is 2.18. The number of rotatable bonds is 8. The van der Waals surface area contributed by atoms with Gasteiger partial charge in [0.25, 0.3) is 0 Å². The molecule has 1 aromatic rings. The molecule has 0 aromatic heterocycles. The molecule has 0 N–H and O–H groups in total.